The van der Waals surface area contributed by atoms with Crippen LogP contribution in [0.4, 0.5) is 0 Å². The second kappa shape index (κ2) is 5.41. The van der Waals surface area contributed by atoms with Crippen LogP contribution in [0.3, 0.4) is 0 Å². The fourth-order valence-electron chi connectivity index (χ4n) is 0.622. The third-order valence-corrected chi connectivity index (χ3v) is 0.980. The van der Waals surface area contributed by atoms with Crippen LogP contribution >= 0.6 is 0 Å². The minimum atomic E-state index is 0. The van der Waals surface area contributed by atoms with E-state index in [1.807, 2.05) is 31.2 Å². The number of benzene rings is 1. The van der Waals surface area contributed by atoms with Crippen LogP contribution in [0.15, 0.2) is 24.3 Å². The second-order valence-electron chi connectivity index (χ2n) is 1.66. The van der Waals surface area contributed by atoms with Gasteiger partial charge in [0.15, 0.2) is 0 Å². The van der Waals surface area contributed by atoms with Crippen LogP contribution in [-0.4, -0.2) is 6.61 Å². The molecule has 0 saturated heterocycles. The molecule has 1 nitrogen and oxygen atoms in total. The maximum Gasteiger partial charge on any atom is 1.00 e. The van der Waals surface area contributed by atoms with Crippen LogP contribution in [0.5, 0.6) is 5.75 Å². The first kappa shape index (κ1) is 9.62. The van der Waals surface area contributed by atoms with Crippen LogP contribution in [0.1, 0.15) is 6.92 Å². The van der Waals surface area contributed by atoms with E-state index in [4.69, 9.17) is 4.74 Å². The number of hydrogen-bond acceptors (Lipinski definition) is 1. The van der Waals surface area contributed by atoms with E-state index < -0.39 is 0 Å². The summed E-state index contributed by atoms with van der Waals surface area (Å²) in [5.74, 6) is 0.819. The SMILES string of the molecule is CCOc1[c-]cccc1.[Li+]. The molecule has 0 bridgehead atoms. The molecule has 0 radical (unpaired) electrons. The zero-order valence-corrected chi connectivity index (χ0v) is 6.42. The van der Waals surface area contributed by atoms with Crippen molar-refractivity contribution in [3.05, 3.63) is 30.3 Å². The molecule has 48 valence electrons. The third kappa shape index (κ3) is 2.96. The Bertz CT molecular complexity index is 162. The average Bonchev–Trinajstić information content (AvgIpc) is 1.91. The normalized spacial score (nSPS) is 8.10. The van der Waals surface area contributed by atoms with Gasteiger partial charge in [0.2, 0.25) is 0 Å². The Morgan fingerprint density at radius 2 is 2.30 bits per heavy atom. The van der Waals surface area contributed by atoms with Crippen molar-refractivity contribution >= 4 is 0 Å². The molecular weight excluding hydrogens is 119 g/mol. The Morgan fingerprint density at radius 3 is 2.80 bits per heavy atom. The molecule has 1 aromatic rings. The summed E-state index contributed by atoms with van der Waals surface area (Å²) < 4.78 is 5.15. The maximum absolute atomic E-state index is 5.15. The summed E-state index contributed by atoms with van der Waals surface area (Å²) in [6.07, 6.45) is 0. The average molecular weight is 128 g/mol. The van der Waals surface area contributed by atoms with Crippen molar-refractivity contribution in [3.63, 3.8) is 0 Å². The Balaban J connectivity index is 0.000000810. The first-order valence-electron chi connectivity index (χ1n) is 3.03. The van der Waals surface area contributed by atoms with Gasteiger partial charge in [0.1, 0.15) is 0 Å². The summed E-state index contributed by atoms with van der Waals surface area (Å²) in [4.78, 5) is 0. The summed E-state index contributed by atoms with van der Waals surface area (Å²) in [5, 5.41) is 0. The maximum atomic E-state index is 5.15. The van der Waals surface area contributed by atoms with Gasteiger partial charge in [0, 0.05) is 5.75 Å². The van der Waals surface area contributed by atoms with Crippen molar-refractivity contribution in [1.29, 1.82) is 0 Å². The summed E-state index contributed by atoms with van der Waals surface area (Å²) in [5.41, 5.74) is 0. The van der Waals surface area contributed by atoms with Crippen molar-refractivity contribution < 1.29 is 23.6 Å². The molecule has 0 heterocycles. The Kier molecular flexibility index (Phi) is 5.20. The molecule has 10 heavy (non-hydrogen) atoms. The minimum Gasteiger partial charge on any atom is -0.520 e. The second-order valence-corrected chi connectivity index (χ2v) is 1.66. The Hall–Kier alpha value is -0.383. The Morgan fingerprint density at radius 1 is 1.50 bits per heavy atom. The molecular formula is C8H9LiO. The van der Waals surface area contributed by atoms with Crippen LogP contribution in [0, 0.1) is 6.07 Å². The van der Waals surface area contributed by atoms with E-state index in [1.54, 1.807) is 0 Å². The molecule has 0 aliphatic carbocycles. The molecule has 0 unspecified atom stereocenters. The standard InChI is InChI=1S/C8H9O.Li/c1-2-9-8-6-4-3-5-7-8;/h3-6H,2H2,1H3;/q-1;+1. The van der Waals surface area contributed by atoms with Crippen molar-refractivity contribution in [2.24, 2.45) is 0 Å². The fourth-order valence-corrected chi connectivity index (χ4v) is 0.622. The van der Waals surface area contributed by atoms with Gasteiger partial charge in [-0.3, -0.25) is 0 Å². The summed E-state index contributed by atoms with van der Waals surface area (Å²) in [7, 11) is 0. The van der Waals surface area contributed by atoms with Gasteiger partial charge >= 0.3 is 18.9 Å². The molecule has 0 spiro atoms. The molecule has 0 aromatic heterocycles. The van der Waals surface area contributed by atoms with Crippen molar-refractivity contribution in [2.45, 2.75) is 6.92 Å². The monoisotopic (exact) mass is 128 g/mol. The van der Waals surface area contributed by atoms with Gasteiger partial charge < -0.3 is 4.74 Å². The molecule has 0 fully saturated rings. The number of para-hydroxylation sites is 1. The smallest absolute Gasteiger partial charge is 0.520 e. The van der Waals surface area contributed by atoms with E-state index in [2.05, 4.69) is 6.07 Å². The van der Waals surface area contributed by atoms with E-state index in [9.17, 15) is 0 Å². The van der Waals surface area contributed by atoms with Gasteiger partial charge in [-0.1, -0.05) is 0 Å². The van der Waals surface area contributed by atoms with E-state index in [1.165, 1.54) is 0 Å². The molecule has 0 atom stereocenters. The summed E-state index contributed by atoms with van der Waals surface area (Å²) in [6.45, 7) is 2.67. The van der Waals surface area contributed by atoms with Gasteiger partial charge in [-0.15, -0.1) is 12.1 Å². The molecule has 0 aliphatic heterocycles. The molecule has 0 aliphatic rings. The van der Waals surface area contributed by atoms with Crippen LogP contribution in [0.25, 0.3) is 0 Å². The minimum absolute atomic E-state index is 0. The zero-order valence-electron chi connectivity index (χ0n) is 6.42. The van der Waals surface area contributed by atoms with Crippen molar-refractivity contribution in [3.8, 4) is 5.75 Å². The van der Waals surface area contributed by atoms with E-state index >= 15 is 0 Å². The Labute approximate surface area is 73.6 Å². The number of ether oxygens (including phenoxy) is 1. The number of hydrogen-bond donors (Lipinski definition) is 0. The third-order valence-electron chi connectivity index (χ3n) is 0.980. The predicted octanol–water partition coefficient (Wildman–Crippen LogP) is -1.11. The molecule has 0 amide bonds. The summed E-state index contributed by atoms with van der Waals surface area (Å²) in [6, 6.07) is 10.5. The van der Waals surface area contributed by atoms with E-state index in [-0.39, 0.29) is 18.9 Å². The van der Waals surface area contributed by atoms with Gasteiger partial charge in [-0.2, -0.15) is 18.2 Å². The molecule has 0 N–H and O–H groups in total. The van der Waals surface area contributed by atoms with Gasteiger partial charge in [0.25, 0.3) is 0 Å². The number of rotatable bonds is 2. The van der Waals surface area contributed by atoms with Crippen LogP contribution in [-0.2, 0) is 0 Å². The predicted molar refractivity (Wildman–Crippen MR) is 36.4 cm³/mol. The van der Waals surface area contributed by atoms with Gasteiger partial charge in [-0.25, -0.2) is 0 Å². The first-order valence-corrected chi connectivity index (χ1v) is 3.03. The molecule has 1 rings (SSSR count). The van der Waals surface area contributed by atoms with Gasteiger partial charge in [-0.05, 0) is 6.92 Å². The fraction of sp³-hybridized carbons (Fsp3) is 0.250. The van der Waals surface area contributed by atoms with Crippen LogP contribution < -0.4 is 23.6 Å². The van der Waals surface area contributed by atoms with Crippen LogP contribution in [0.2, 0.25) is 0 Å². The van der Waals surface area contributed by atoms with Gasteiger partial charge in [0.05, 0.1) is 6.61 Å². The van der Waals surface area contributed by atoms with E-state index in [0.717, 1.165) is 5.75 Å². The summed E-state index contributed by atoms with van der Waals surface area (Å²) >= 11 is 0. The van der Waals surface area contributed by atoms with Crippen molar-refractivity contribution in [1.82, 2.24) is 0 Å². The van der Waals surface area contributed by atoms with Crippen molar-refractivity contribution in [2.75, 3.05) is 6.61 Å². The van der Waals surface area contributed by atoms with E-state index in [0.29, 0.717) is 6.61 Å². The topological polar surface area (TPSA) is 9.23 Å². The molecule has 2 heteroatoms. The largest absolute Gasteiger partial charge is 1.00 e. The first-order chi connectivity index (χ1) is 4.43. The zero-order chi connectivity index (χ0) is 6.53. The quantitative estimate of drug-likeness (QED) is 0.362. The molecule has 0 saturated carbocycles. The molecule has 1 aromatic carbocycles.